The van der Waals surface area contributed by atoms with Crippen molar-refractivity contribution in [3.05, 3.63) is 0 Å². The lowest BCUT2D eigenvalue weighted by molar-refractivity contribution is -0.134. The Kier molecular flexibility index (Phi) is 22.8. The van der Waals surface area contributed by atoms with Gasteiger partial charge in [-0.05, 0) is 25.9 Å². The van der Waals surface area contributed by atoms with Gasteiger partial charge in [0.2, 0.25) is 31.3 Å². The Morgan fingerprint density at radius 1 is 0.647 bits per heavy atom. The van der Waals surface area contributed by atoms with Gasteiger partial charge in [-0.25, -0.2) is 0 Å². The lowest BCUT2D eigenvalue weighted by Crippen LogP contribution is -2.37. The third kappa shape index (κ3) is 19.9. The first-order valence-electron chi connectivity index (χ1n) is 12.2. The number of amides is 2. The highest BCUT2D eigenvalue weighted by molar-refractivity contribution is 6.55. The molecule has 0 aromatic rings. The molecule has 0 unspecified atom stereocenters. The van der Waals surface area contributed by atoms with Gasteiger partial charge in [-0.1, -0.05) is 26.2 Å². The van der Waals surface area contributed by atoms with E-state index in [0.717, 1.165) is 12.5 Å². The number of carbonyl (C=O) groups is 2. The number of unbranched alkanes of at least 4 members (excludes halogenated alkanes) is 1. The SMILES string of the molecule is C[Si]OCCN(CCO[Si]C)C(=O)CCCCC(=O)N(CCOC[Si](C)C)CCOC[Si](C)C. The monoisotopic (exact) mass is 546 g/mol. The number of hydrogen-bond donors (Lipinski definition) is 0. The molecule has 0 aliphatic heterocycles. The van der Waals surface area contributed by atoms with E-state index in [9.17, 15) is 9.59 Å². The van der Waals surface area contributed by atoms with Gasteiger partial charge >= 0.3 is 0 Å². The Balaban J connectivity index is 4.48. The summed E-state index contributed by atoms with van der Waals surface area (Å²) in [4.78, 5) is 29.2. The van der Waals surface area contributed by atoms with Crippen LogP contribution in [-0.4, -0.2) is 124 Å². The first-order chi connectivity index (χ1) is 16.3. The maximum atomic E-state index is 12.8. The molecule has 0 atom stereocenters. The molecule has 6 radical (unpaired) electrons. The Labute approximate surface area is 216 Å². The van der Waals surface area contributed by atoms with Gasteiger partial charge in [-0.2, -0.15) is 0 Å². The highest BCUT2D eigenvalue weighted by Gasteiger charge is 2.16. The van der Waals surface area contributed by atoms with Crippen LogP contribution in [0, 0.1) is 0 Å². The van der Waals surface area contributed by atoms with Crippen LogP contribution in [0.5, 0.6) is 0 Å². The molecule has 12 heteroatoms. The molecule has 0 saturated carbocycles. The second kappa shape index (κ2) is 23.1. The molecule has 0 aromatic heterocycles. The van der Waals surface area contributed by atoms with Crippen LogP contribution >= 0.6 is 0 Å². The summed E-state index contributed by atoms with van der Waals surface area (Å²) in [5.74, 6) is 0.217. The largest absolute Gasteiger partial charge is 0.416 e. The van der Waals surface area contributed by atoms with Gasteiger partial charge in [-0.3, -0.25) is 9.59 Å². The lowest BCUT2D eigenvalue weighted by Gasteiger charge is -2.24. The van der Waals surface area contributed by atoms with Crippen molar-refractivity contribution in [1.29, 1.82) is 0 Å². The van der Waals surface area contributed by atoms with Crippen LogP contribution < -0.4 is 0 Å². The predicted molar refractivity (Wildman–Crippen MR) is 143 cm³/mol. The average Bonchev–Trinajstić information content (AvgIpc) is 2.79. The molecule has 0 saturated heterocycles. The minimum atomic E-state index is -0.427. The number of ether oxygens (including phenoxy) is 2. The van der Waals surface area contributed by atoms with E-state index in [-0.39, 0.29) is 11.8 Å². The maximum absolute atomic E-state index is 12.8. The van der Waals surface area contributed by atoms with Crippen LogP contribution in [0.15, 0.2) is 0 Å². The standard InChI is InChI=1S/C22H46N2O6Si4/c1-31-29-17-13-24(14-18-30-32-2)22(26)10-8-7-9-21(25)23(11-15-27-19-33(3)4)12-16-28-20-34(5)6/h7-20H2,1-6H3. The molecule has 0 bridgehead atoms. The fourth-order valence-electron chi connectivity index (χ4n) is 3.01. The van der Waals surface area contributed by atoms with E-state index >= 15 is 0 Å². The van der Waals surface area contributed by atoms with Gasteiger partial charge in [0.1, 0.15) is 0 Å². The number of hydrogen-bond acceptors (Lipinski definition) is 6. The molecular weight excluding hydrogens is 501 g/mol. The van der Waals surface area contributed by atoms with E-state index in [1.54, 1.807) is 0 Å². The van der Waals surface area contributed by atoms with Crippen LogP contribution in [-0.2, 0) is 27.9 Å². The zero-order valence-electron chi connectivity index (χ0n) is 22.2. The van der Waals surface area contributed by atoms with E-state index in [1.807, 2.05) is 22.9 Å². The maximum Gasteiger partial charge on any atom is 0.226 e. The van der Waals surface area contributed by atoms with Crippen LogP contribution in [0.2, 0.25) is 39.3 Å². The molecule has 0 heterocycles. The van der Waals surface area contributed by atoms with Crippen molar-refractivity contribution in [1.82, 2.24) is 9.80 Å². The zero-order chi connectivity index (χ0) is 25.6. The van der Waals surface area contributed by atoms with E-state index < -0.39 is 17.6 Å². The van der Waals surface area contributed by atoms with E-state index in [2.05, 4.69) is 26.2 Å². The fourth-order valence-corrected chi connectivity index (χ4v) is 4.70. The Morgan fingerprint density at radius 3 is 1.32 bits per heavy atom. The fraction of sp³-hybridized carbons (Fsp3) is 0.909. The number of nitrogens with zero attached hydrogens (tertiary/aromatic N) is 2. The third-order valence-electron chi connectivity index (χ3n) is 4.74. The lowest BCUT2D eigenvalue weighted by atomic mass is 10.1. The summed E-state index contributed by atoms with van der Waals surface area (Å²) in [6.45, 7) is 17.4. The summed E-state index contributed by atoms with van der Waals surface area (Å²) in [7, 11) is -0.0157. The minimum absolute atomic E-state index is 0.102. The van der Waals surface area contributed by atoms with Gasteiger partial charge in [0.15, 0.2) is 0 Å². The second-order valence-corrected chi connectivity index (χ2v) is 15.4. The van der Waals surface area contributed by atoms with Crippen molar-refractivity contribution in [3.63, 3.8) is 0 Å². The molecule has 0 aliphatic carbocycles. The van der Waals surface area contributed by atoms with Crippen molar-refractivity contribution in [3.8, 4) is 0 Å². The molecule has 2 amide bonds. The van der Waals surface area contributed by atoms with Crippen LogP contribution in [0.3, 0.4) is 0 Å². The molecule has 196 valence electrons. The van der Waals surface area contributed by atoms with Crippen molar-refractivity contribution in [2.24, 2.45) is 0 Å². The normalized spacial score (nSPS) is 11.4. The topological polar surface area (TPSA) is 77.5 Å². The van der Waals surface area contributed by atoms with Crippen LogP contribution in [0.4, 0.5) is 0 Å². The average molecular weight is 547 g/mol. The van der Waals surface area contributed by atoms with Crippen molar-refractivity contribution >= 4 is 48.9 Å². The summed E-state index contributed by atoms with van der Waals surface area (Å²) in [6.07, 6.45) is 3.88. The molecule has 8 nitrogen and oxygen atoms in total. The number of carbonyl (C=O) groups excluding carboxylic acids is 2. The van der Waals surface area contributed by atoms with Gasteiger partial charge in [0.25, 0.3) is 0 Å². The molecule has 0 spiro atoms. The Morgan fingerprint density at radius 2 is 1.00 bits per heavy atom. The van der Waals surface area contributed by atoms with Gasteiger partial charge < -0.3 is 28.1 Å². The Hall–Kier alpha value is -0.352. The van der Waals surface area contributed by atoms with Gasteiger partial charge in [0, 0.05) is 51.5 Å². The van der Waals surface area contributed by atoms with Gasteiger partial charge in [0.05, 0.1) is 44.0 Å². The molecule has 0 fully saturated rings. The summed E-state index contributed by atoms with van der Waals surface area (Å²) in [5.41, 5.74) is 0. The van der Waals surface area contributed by atoms with Crippen LogP contribution in [0.25, 0.3) is 0 Å². The first kappa shape index (κ1) is 33.6. The van der Waals surface area contributed by atoms with E-state index in [0.29, 0.717) is 97.8 Å². The highest BCUT2D eigenvalue weighted by Crippen LogP contribution is 2.07. The second-order valence-electron chi connectivity index (χ2n) is 8.59. The highest BCUT2D eigenvalue weighted by atomic mass is 28.3. The smallest absolute Gasteiger partial charge is 0.226 e. The summed E-state index contributed by atoms with van der Waals surface area (Å²) in [5, 5.41) is 0. The summed E-state index contributed by atoms with van der Waals surface area (Å²) in [6, 6.07) is 0. The van der Waals surface area contributed by atoms with Crippen molar-refractivity contribution < 1.29 is 27.9 Å². The quantitative estimate of drug-likeness (QED) is 0.144. The van der Waals surface area contributed by atoms with Gasteiger partial charge in [-0.15, -0.1) is 0 Å². The molecule has 34 heavy (non-hydrogen) atoms. The zero-order valence-corrected chi connectivity index (χ0v) is 26.2. The van der Waals surface area contributed by atoms with Crippen molar-refractivity contribution in [2.75, 3.05) is 65.1 Å². The Bertz CT molecular complexity index is 492. The molecule has 0 aromatic carbocycles. The summed E-state index contributed by atoms with van der Waals surface area (Å²) < 4.78 is 22.3. The first-order valence-corrected chi connectivity index (χ1v) is 20.4. The summed E-state index contributed by atoms with van der Waals surface area (Å²) >= 11 is 0. The third-order valence-corrected chi connectivity index (χ3v) is 7.29. The van der Waals surface area contributed by atoms with E-state index in [4.69, 9.17) is 18.3 Å². The minimum Gasteiger partial charge on any atom is -0.416 e. The number of rotatable bonds is 23. The molecular formula is C22H46N2O6Si4. The molecule has 0 N–H and O–H groups in total. The molecule has 0 rings (SSSR count). The predicted octanol–water partition coefficient (Wildman–Crippen LogP) is 2.19. The van der Waals surface area contributed by atoms with Crippen LogP contribution in [0.1, 0.15) is 25.7 Å². The van der Waals surface area contributed by atoms with Crippen molar-refractivity contribution in [2.45, 2.75) is 65.0 Å². The van der Waals surface area contributed by atoms with E-state index in [1.165, 1.54) is 0 Å². The molecule has 0 aliphatic rings.